The van der Waals surface area contributed by atoms with Crippen LogP contribution in [0.15, 0.2) is 84.0 Å². The summed E-state index contributed by atoms with van der Waals surface area (Å²) in [5, 5.41) is 0. The van der Waals surface area contributed by atoms with E-state index in [1.54, 1.807) is 42.7 Å². The van der Waals surface area contributed by atoms with Gasteiger partial charge in [-0.25, -0.2) is 13.1 Å². The van der Waals surface area contributed by atoms with Gasteiger partial charge in [0, 0.05) is 24.0 Å². The molecule has 0 saturated heterocycles. The molecule has 1 atom stereocenters. The highest BCUT2D eigenvalue weighted by Gasteiger charge is 2.17. The minimum absolute atomic E-state index is 0.253. The fraction of sp³-hybridized carbons (Fsp3) is 0.150. The first-order valence-corrected chi connectivity index (χ1v) is 9.72. The summed E-state index contributed by atoms with van der Waals surface area (Å²) in [6, 6.07) is 19.2. The molecule has 26 heavy (non-hydrogen) atoms. The highest BCUT2D eigenvalue weighted by molar-refractivity contribution is 7.89. The van der Waals surface area contributed by atoms with E-state index in [4.69, 9.17) is 4.74 Å². The molecule has 1 N–H and O–H groups in total. The van der Waals surface area contributed by atoms with E-state index >= 15 is 0 Å². The molecule has 1 aromatic heterocycles. The number of hydrogen-bond donors (Lipinski definition) is 1. The molecule has 0 radical (unpaired) electrons. The zero-order valence-electron chi connectivity index (χ0n) is 14.4. The molecule has 0 bridgehead atoms. The number of nitrogens with zero attached hydrogens (tertiary/aromatic N) is 1. The molecule has 0 aliphatic carbocycles. The second-order valence-electron chi connectivity index (χ2n) is 5.88. The summed E-state index contributed by atoms with van der Waals surface area (Å²) in [5.41, 5.74) is 1.85. The molecule has 2 aromatic carbocycles. The zero-order valence-corrected chi connectivity index (χ0v) is 15.2. The molecule has 134 valence electrons. The van der Waals surface area contributed by atoms with Crippen molar-refractivity contribution in [1.82, 2.24) is 9.71 Å². The van der Waals surface area contributed by atoms with Gasteiger partial charge in [0.25, 0.3) is 0 Å². The smallest absolute Gasteiger partial charge is 0.241 e. The molecule has 5 nitrogen and oxygen atoms in total. The molecular formula is C20H20N2O3S. The van der Waals surface area contributed by atoms with Gasteiger partial charge in [-0.05, 0) is 42.8 Å². The summed E-state index contributed by atoms with van der Waals surface area (Å²) in [6.45, 7) is 2.25. The minimum Gasteiger partial charge on any atom is -0.489 e. The van der Waals surface area contributed by atoms with Crippen molar-refractivity contribution in [1.29, 1.82) is 0 Å². The van der Waals surface area contributed by atoms with Crippen molar-refractivity contribution in [3.8, 4) is 5.75 Å². The quantitative estimate of drug-likeness (QED) is 0.690. The predicted molar refractivity (Wildman–Crippen MR) is 100 cm³/mol. The maximum Gasteiger partial charge on any atom is 0.241 e. The van der Waals surface area contributed by atoms with Gasteiger partial charge in [0.1, 0.15) is 12.4 Å². The SMILES string of the molecule is C[C@H](NS(=O)(=O)c1ccccc1)c1ccc(OCc2cccnc2)cc1. The van der Waals surface area contributed by atoms with Crippen LogP contribution >= 0.6 is 0 Å². The zero-order chi connectivity index (χ0) is 18.4. The van der Waals surface area contributed by atoms with Crippen LogP contribution in [0.25, 0.3) is 0 Å². The number of hydrogen-bond acceptors (Lipinski definition) is 4. The van der Waals surface area contributed by atoms with Crippen molar-refractivity contribution in [2.24, 2.45) is 0 Å². The number of aromatic nitrogens is 1. The Morgan fingerprint density at radius 1 is 1.00 bits per heavy atom. The summed E-state index contributed by atoms with van der Waals surface area (Å²) in [5.74, 6) is 0.718. The number of ether oxygens (including phenoxy) is 1. The van der Waals surface area contributed by atoms with Crippen molar-refractivity contribution >= 4 is 10.0 Å². The largest absolute Gasteiger partial charge is 0.489 e. The highest BCUT2D eigenvalue weighted by atomic mass is 32.2. The molecule has 0 aliphatic heterocycles. The van der Waals surface area contributed by atoms with E-state index < -0.39 is 10.0 Å². The van der Waals surface area contributed by atoms with E-state index in [1.807, 2.05) is 43.3 Å². The number of pyridine rings is 1. The van der Waals surface area contributed by atoms with E-state index in [0.717, 1.165) is 16.9 Å². The van der Waals surface area contributed by atoms with Crippen LogP contribution in [0.5, 0.6) is 5.75 Å². The summed E-state index contributed by atoms with van der Waals surface area (Å²) >= 11 is 0. The van der Waals surface area contributed by atoms with Gasteiger partial charge in [-0.1, -0.05) is 36.4 Å². The molecule has 0 amide bonds. The second kappa shape index (κ2) is 8.12. The molecule has 0 unspecified atom stereocenters. The number of nitrogens with one attached hydrogen (secondary N) is 1. The lowest BCUT2D eigenvalue weighted by Gasteiger charge is -2.15. The molecular weight excluding hydrogens is 348 g/mol. The molecule has 0 saturated carbocycles. The molecule has 3 aromatic rings. The van der Waals surface area contributed by atoms with Crippen LogP contribution in [0.4, 0.5) is 0 Å². The molecule has 0 spiro atoms. The predicted octanol–water partition coefficient (Wildman–Crippen LogP) is 3.70. The average Bonchev–Trinajstić information content (AvgIpc) is 2.68. The summed E-state index contributed by atoms with van der Waals surface area (Å²) in [6.07, 6.45) is 3.48. The van der Waals surface area contributed by atoms with Gasteiger partial charge in [-0.2, -0.15) is 0 Å². The Kier molecular flexibility index (Phi) is 5.65. The van der Waals surface area contributed by atoms with Crippen molar-refractivity contribution in [2.45, 2.75) is 24.5 Å². The van der Waals surface area contributed by atoms with E-state index in [-0.39, 0.29) is 10.9 Å². The molecule has 6 heteroatoms. The Hall–Kier alpha value is -2.70. The third kappa shape index (κ3) is 4.68. The van der Waals surface area contributed by atoms with E-state index in [2.05, 4.69) is 9.71 Å². The Morgan fingerprint density at radius 3 is 2.38 bits per heavy atom. The Morgan fingerprint density at radius 2 is 1.73 bits per heavy atom. The van der Waals surface area contributed by atoms with Crippen molar-refractivity contribution in [3.63, 3.8) is 0 Å². The van der Waals surface area contributed by atoms with Gasteiger partial charge in [0.15, 0.2) is 0 Å². The molecule has 3 rings (SSSR count). The van der Waals surface area contributed by atoms with Crippen LogP contribution < -0.4 is 9.46 Å². The average molecular weight is 368 g/mol. The maximum atomic E-state index is 12.4. The third-order valence-electron chi connectivity index (χ3n) is 3.89. The van der Waals surface area contributed by atoms with E-state index in [0.29, 0.717) is 6.61 Å². The molecule has 1 heterocycles. The van der Waals surface area contributed by atoms with Crippen LogP contribution in [0.2, 0.25) is 0 Å². The van der Waals surface area contributed by atoms with Gasteiger partial charge in [0.05, 0.1) is 4.90 Å². The Bertz CT molecular complexity index is 928. The lowest BCUT2D eigenvalue weighted by Crippen LogP contribution is -2.26. The number of sulfonamides is 1. The van der Waals surface area contributed by atoms with Gasteiger partial charge >= 0.3 is 0 Å². The topological polar surface area (TPSA) is 68.3 Å². The van der Waals surface area contributed by atoms with Crippen LogP contribution in [0, 0.1) is 0 Å². The van der Waals surface area contributed by atoms with E-state index in [9.17, 15) is 8.42 Å². The van der Waals surface area contributed by atoms with Crippen molar-refractivity contribution in [3.05, 3.63) is 90.3 Å². The normalized spacial score (nSPS) is 12.5. The van der Waals surface area contributed by atoms with Gasteiger partial charge in [0.2, 0.25) is 10.0 Å². The lowest BCUT2D eigenvalue weighted by molar-refractivity contribution is 0.305. The molecule has 0 aliphatic rings. The first kappa shape index (κ1) is 18.1. The van der Waals surface area contributed by atoms with Gasteiger partial charge in [-0.15, -0.1) is 0 Å². The minimum atomic E-state index is -3.55. The third-order valence-corrected chi connectivity index (χ3v) is 5.45. The molecule has 0 fully saturated rings. The summed E-state index contributed by atoms with van der Waals surface area (Å²) in [4.78, 5) is 4.30. The van der Waals surface area contributed by atoms with Crippen molar-refractivity contribution < 1.29 is 13.2 Å². The van der Waals surface area contributed by atoms with Crippen LogP contribution in [0.3, 0.4) is 0 Å². The van der Waals surface area contributed by atoms with Crippen LogP contribution in [-0.4, -0.2) is 13.4 Å². The summed E-state index contributed by atoms with van der Waals surface area (Å²) < 4.78 is 33.2. The first-order valence-electron chi connectivity index (χ1n) is 8.24. The fourth-order valence-corrected chi connectivity index (χ4v) is 3.72. The standard InChI is InChI=1S/C20H20N2O3S/c1-16(22-26(23,24)20-7-3-2-4-8-20)18-9-11-19(12-10-18)25-15-17-6-5-13-21-14-17/h2-14,16,22H,15H2,1H3/t16-/m0/s1. The summed E-state index contributed by atoms with van der Waals surface area (Å²) in [7, 11) is -3.55. The van der Waals surface area contributed by atoms with Gasteiger partial charge in [-0.3, -0.25) is 4.98 Å². The fourth-order valence-electron chi connectivity index (χ4n) is 2.47. The van der Waals surface area contributed by atoms with E-state index in [1.165, 1.54) is 0 Å². The van der Waals surface area contributed by atoms with Crippen LogP contribution in [-0.2, 0) is 16.6 Å². The lowest BCUT2D eigenvalue weighted by atomic mass is 10.1. The number of rotatable bonds is 7. The Labute approximate surface area is 153 Å². The monoisotopic (exact) mass is 368 g/mol. The second-order valence-corrected chi connectivity index (χ2v) is 7.59. The van der Waals surface area contributed by atoms with Gasteiger partial charge < -0.3 is 4.74 Å². The highest BCUT2D eigenvalue weighted by Crippen LogP contribution is 2.20. The Balaban J connectivity index is 1.62. The number of benzene rings is 2. The maximum absolute atomic E-state index is 12.4. The van der Waals surface area contributed by atoms with Crippen LogP contribution in [0.1, 0.15) is 24.1 Å². The first-order chi connectivity index (χ1) is 12.5. The van der Waals surface area contributed by atoms with Crippen molar-refractivity contribution in [2.75, 3.05) is 0 Å².